The molecule has 0 saturated carbocycles. The van der Waals surface area contributed by atoms with Crippen molar-refractivity contribution in [2.75, 3.05) is 18.8 Å². The Morgan fingerprint density at radius 3 is 2.57 bits per heavy atom. The molecule has 0 radical (unpaired) electrons. The van der Waals surface area contributed by atoms with Gasteiger partial charge in [0.25, 0.3) is 0 Å². The van der Waals surface area contributed by atoms with Crippen LogP contribution in [0.2, 0.25) is 0 Å². The number of hydrogen-bond acceptors (Lipinski definition) is 6. The quantitative estimate of drug-likeness (QED) is 0.683. The maximum atomic E-state index is 12.4. The molecule has 1 fully saturated rings. The number of nitrogens with two attached hydrogens (primary N) is 1. The molecule has 1 aromatic carbocycles. The van der Waals surface area contributed by atoms with E-state index in [9.17, 15) is 13.2 Å². The van der Waals surface area contributed by atoms with Gasteiger partial charge >= 0.3 is 6.36 Å². The number of benzene rings is 1. The molecule has 4 rings (SSSR count). The molecule has 3 aromatic rings. The molecule has 0 aliphatic carbocycles. The minimum Gasteiger partial charge on any atom is -0.406 e. The first-order valence-corrected chi connectivity index (χ1v) is 8.48. The second-order valence-corrected chi connectivity index (χ2v) is 6.32. The van der Waals surface area contributed by atoms with Gasteiger partial charge in [0.2, 0.25) is 0 Å². The fourth-order valence-corrected chi connectivity index (χ4v) is 3.31. The largest absolute Gasteiger partial charge is 0.573 e. The van der Waals surface area contributed by atoms with Gasteiger partial charge in [0.1, 0.15) is 23.6 Å². The summed E-state index contributed by atoms with van der Waals surface area (Å²) in [5.41, 5.74) is 7.81. The zero-order valence-corrected chi connectivity index (χ0v) is 15.4. The van der Waals surface area contributed by atoms with E-state index in [0.717, 1.165) is 25.9 Å². The van der Waals surface area contributed by atoms with Crippen molar-refractivity contribution in [2.24, 2.45) is 0 Å². The number of halogens is 4. The Kier molecular flexibility index (Phi) is 5.61. The zero-order valence-electron chi connectivity index (χ0n) is 14.6. The molecule has 0 spiro atoms. The predicted molar refractivity (Wildman–Crippen MR) is 100 cm³/mol. The first kappa shape index (κ1) is 20.2. The molecule has 1 aliphatic heterocycles. The number of nitrogens with zero attached hydrogens (tertiary/aromatic N) is 4. The van der Waals surface area contributed by atoms with Crippen LogP contribution in [0.25, 0.3) is 22.3 Å². The van der Waals surface area contributed by atoms with E-state index in [1.807, 2.05) is 4.68 Å². The second kappa shape index (κ2) is 7.80. The van der Waals surface area contributed by atoms with Crippen molar-refractivity contribution < 1.29 is 17.9 Å². The molecule has 7 nitrogen and oxygen atoms in total. The minimum absolute atomic E-state index is 0. The topological polar surface area (TPSA) is 90.9 Å². The number of nitrogens with one attached hydrogen (secondary N) is 1. The summed E-state index contributed by atoms with van der Waals surface area (Å²) in [5.74, 6) is -0.0173. The number of nitrogen functional groups attached to an aromatic ring is 1. The molecule has 0 bridgehead atoms. The van der Waals surface area contributed by atoms with Gasteiger partial charge in [-0.25, -0.2) is 14.6 Å². The molecule has 1 atom stereocenters. The highest BCUT2D eigenvalue weighted by Crippen LogP contribution is 2.34. The van der Waals surface area contributed by atoms with Crippen molar-refractivity contribution in [2.45, 2.75) is 25.2 Å². The van der Waals surface area contributed by atoms with Gasteiger partial charge in [0, 0.05) is 12.1 Å². The maximum absolute atomic E-state index is 12.4. The van der Waals surface area contributed by atoms with Gasteiger partial charge in [0.05, 0.1) is 11.4 Å². The van der Waals surface area contributed by atoms with Gasteiger partial charge in [-0.05, 0) is 43.7 Å². The Morgan fingerprint density at radius 2 is 1.93 bits per heavy atom. The summed E-state index contributed by atoms with van der Waals surface area (Å²) in [6.45, 7) is 1.72. The molecule has 3 N–H and O–H groups in total. The molecule has 2 aromatic heterocycles. The van der Waals surface area contributed by atoms with Crippen LogP contribution in [0.5, 0.6) is 5.75 Å². The van der Waals surface area contributed by atoms with Crippen LogP contribution in [0.4, 0.5) is 19.0 Å². The van der Waals surface area contributed by atoms with Crippen LogP contribution in [0, 0.1) is 0 Å². The van der Waals surface area contributed by atoms with Gasteiger partial charge in [-0.3, -0.25) is 0 Å². The monoisotopic (exact) mass is 414 g/mol. The van der Waals surface area contributed by atoms with Gasteiger partial charge in [-0.2, -0.15) is 5.10 Å². The molecule has 150 valence electrons. The predicted octanol–water partition coefficient (Wildman–Crippen LogP) is 3.32. The molecule has 3 heterocycles. The van der Waals surface area contributed by atoms with Gasteiger partial charge in [0.15, 0.2) is 5.65 Å². The number of anilines is 1. The SMILES string of the molecule is Cl.Nc1ncnc2c1c(-c1ccc(OC(F)(F)F)cc1)nn2[C@@H]1CCCNC1. The molecule has 0 amide bonds. The van der Waals surface area contributed by atoms with E-state index in [2.05, 4.69) is 25.1 Å². The molecular formula is C17H18ClF3N6O. The van der Waals surface area contributed by atoms with Gasteiger partial charge in [-0.1, -0.05) is 0 Å². The number of fused-ring (bicyclic) bond motifs is 1. The summed E-state index contributed by atoms with van der Waals surface area (Å²) in [6, 6.07) is 5.64. The van der Waals surface area contributed by atoms with Crippen molar-refractivity contribution in [3.8, 4) is 17.0 Å². The Bertz CT molecular complexity index is 954. The summed E-state index contributed by atoms with van der Waals surface area (Å²) in [4.78, 5) is 8.38. The summed E-state index contributed by atoms with van der Waals surface area (Å²) in [5, 5.41) is 8.60. The fourth-order valence-electron chi connectivity index (χ4n) is 3.31. The van der Waals surface area contributed by atoms with Crippen LogP contribution in [0.15, 0.2) is 30.6 Å². The number of ether oxygens (including phenoxy) is 1. The van der Waals surface area contributed by atoms with Crippen molar-refractivity contribution in [3.63, 3.8) is 0 Å². The Balaban J connectivity index is 0.00000225. The Labute approximate surface area is 164 Å². The third kappa shape index (κ3) is 3.97. The maximum Gasteiger partial charge on any atom is 0.573 e. The van der Waals surface area contributed by atoms with Crippen LogP contribution in [-0.2, 0) is 0 Å². The average molecular weight is 415 g/mol. The number of alkyl halides is 3. The third-order valence-corrected chi connectivity index (χ3v) is 4.50. The lowest BCUT2D eigenvalue weighted by Crippen LogP contribution is -2.32. The summed E-state index contributed by atoms with van der Waals surface area (Å²) >= 11 is 0. The van der Waals surface area contributed by atoms with Crippen LogP contribution >= 0.6 is 12.4 Å². The number of aromatic nitrogens is 4. The molecular weight excluding hydrogens is 397 g/mol. The smallest absolute Gasteiger partial charge is 0.406 e. The summed E-state index contributed by atoms with van der Waals surface area (Å²) in [6.07, 6.45) is -1.38. The van der Waals surface area contributed by atoms with E-state index in [-0.39, 0.29) is 30.0 Å². The second-order valence-electron chi connectivity index (χ2n) is 6.32. The molecule has 1 aliphatic rings. The van der Waals surface area contributed by atoms with Crippen LogP contribution < -0.4 is 15.8 Å². The fraction of sp³-hybridized carbons (Fsp3) is 0.353. The van der Waals surface area contributed by atoms with E-state index in [1.165, 1.54) is 30.6 Å². The third-order valence-electron chi connectivity index (χ3n) is 4.50. The normalized spacial score (nSPS) is 17.3. The molecule has 11 heteroatoms. The first-order chi connectivity index (χ1) is 12.9. The zero-order chi connectivity index (χ0) is 19.0. The first-order valence-electron chi connectivity index (χ1n) is 8.48. The number of piperidine rings is 1. The highest BCUT2D eigenvalue weighted by Gasteiger charge is 2.31. The van der Waals surface area contributed by atoms with E-state index in [1.54, 1.807) is 0 Å². The van der Waals surface area contributed by atoms with Gasteiger partial charge in [-0.15, -0.1) is 25.6 Å². The lowest BCUT2D eigenvalue weighted by atomic mass is 10.1. The van der Waals surface area contributed by atoms with Crippen molar-refractivity contribution in [1.29, 1.82) is 0 Å². The van der Waals surface area contributed by atoms with E-state index in [4.69, 9.17) is 5.73 Å². The Hall–Kier alpha value is -2.59. The van der Waals surface area contributed by atoms with Crippen LogP contribution in [0.3, 0.4) is 0 Å². The standard InChI is InChI=1S/C17H17F3N6O.ClH/c18-17(19,20)27-12-5-3-10(4-6-12)14-13-15(21)23-9-24-16(13)26(25-14)11-2-1-7-22-8-11;/h3-6,9,11,22H,1-2,7-8H2,(H2,21,23,24);1H/t11-;/m1./s1. The molecule has 1 saturated heterocycles. The lowest BCUT2D eigenvalue weighted by molar-refractivity contribution is -0.274. The summed E-state index contributed by atoms with van der Waals surface area (Å²) < 4.78 is 42.8. The minimum atomic E-state index is -4.73. The molecule has 0 unspecified atom stereocenters. The Morgan fingerprint density at radius 1 is 1.18 bits per heavy atom. The number of hydrogen-bond donors (Lipinski definition) is 2. The van der Waals surface area contributed by atoms with Crippen molar-refractivity contribution in [3.05, 3.63) is 30.6 Å². The van der Waals surface area contributed by atoms with Crippen molar-refractivity contribution >= 4 is 29.3 Å². The summed E-state index contributed by atoms with van der Waals surface area (Å²) in [7, 11) is 0. The van der Waals surface area contributed by atoms with Crippen molar-refractivity contribution in [1.82, 2.24) is 25.1 Å². The van der Waals surface area contributed by atoms with Gasteiger partial charge < -0.3 is 15.8 Å². The van der Waals surface area contributed by atoms with E-state index >= 15 is 0 Å². The highest BCUT2D eigenvalue weighted by atomic mass is 35.5. The van der Waals surface area contributed by atoms with Crippen LogP contribution in [-0.4, -0.2) is 39.2 Å². The van der Waals surface area contributed by atoms with E-state index in [0.29, 0.717) is 22.3 Å². The molecule has 28 heavy (non-hydrogen) atoms. The number of rotatable bonds is 3. The lowest BCUT2D eigenvalue weighted by Gasteiger charge is -2.23. The average Bonchev–Trinajstić information content (AvgIpc) is 3.03. The highest BCUT2D eigenvalue weighted by molar-refractivity contribution is 5.98. The van der Waals surface area contributed by atoms with E-state index < -0.39 is 6.36 Å². The van der Waals surface area contributed by atoms with Crippen LogP contribution in [0.1, 0.15) is 18.9 Å².